The van der Waals surface area contributed by atoms with Crippen molar-refractivity contribution in [1.29, 1.82) is 0 Å². The average Bonchev–Trinajstić information content (AvgIpc) is 2.77. The molecule has 3 nitrogen and oxygen atoms in total. The Kier molecular flexibility index (Phi) is 3.84. The Labute approximate surface area is 110 Å². The number of rotatable bonds is 2. The van der Waals surface area contributed by atoms with Crippen molar-refractivity contribution < 1.29 is 9.53 Å². The van der Waals surface area contributed by atoms with E-state index in [2.05, 4.69) is 40.3 Å². The van der Waals surface area contributed by atoms with Crippen molar-refractivity contribution >= 4 is 21.9 Å². The van der Waals surface area contributed by atoms with Crippen LogP contribution >= 0.6 is 15.9 Å². The van der Waals surface area contributed by atoms with Crippen LogP contribution in [0.1, 0.15) is 17.0 Å². The molecule has 1 fully saturated rings. The molecule has 0 saturated carbocycles. The van der Waals surface area contributed by atoms with E-state index in [9.17, 15) is 4.79 Å². The van der Waals surface area contributed by atoms with E-state index in [4.69, 9.17) is 4.74 Å². The molecule has 2 unspecified atom stereocenters. The van der Waals surface area contributed by atoms with E-state index in [1.165, 1.54) is 18.2 Å². The van der Waals surface area contributed by atoms with Crippen LogP contribution in [0.4, 0.5) is 0 Å². The number of nitrogens with one attached hydrogen (secondary N) is 1. The largest absolute Gasteiger partial charge is 0.469 e. The number of esters is 1. The molecule has 0 radical (unpaired) electrons. The first-order chi connectivity index (χ1) is 8.13. The van der Waals surface area contributed by atoms with Gasteiger partial charge in [0.25, 0.3) is 0 Å². The number of hydrogen-bond acceptors (Lipinski definition) is 3. The normalized spacial score (nSPS) is 23.7. The van der Waals surface area contributed by atoms with Gasteiger partial charge < -0.3 is 10.1 Å². The lowest BCUT2D eigenvalue weighted by molar-refractivity contribution is -0.145. The SMILES string of the molecule is COC(=O)C1CNCC1c1ccc(Br)cc1C. The molecule has 17 heavy (non-hydrogen) atoms. The molecule has 4 heteroatoms. The average molecular weight is 298 g/mol. The first kappa shape index (κ1) is 12.6. The molecule has 0 amide bonds. The first-order valence-electron chi connectivity index (χ1n) is 5.68. The fraction of sp³-hybridized carbons (Fsp3) is 0.462. The standard InChI is InChI=1S/C13H16BrNO2/c1-8-5-9(14)3-4-10(8)11-6-15-7-12(11)13(16)17-2/h3-5,11-12,15H,6-7H2,1-2H3. The van der Waals surface area contributed by atoms with E-state index in [1.807, 2.05) is 6.07 Å². The van der Waals surface area contributed by atoms with E-state index < -0.39 is 0 Å². The Morgan fingerprint density at radius 3 is 2.88 bits per heavy atom. The van der Waals surface area contributed by atoms with Gasteiger partial charge in [-0.2, -0.15) is 0 Å². The quantitative estimate of drug-likeness (QED) is 0.851. The van der Waals surface area contributed by atoms with Gasteiger partial charge in [0.2, 0.25) is 0 Å². The summed E-state index contributed by atoms with van der Waals surface area (Å²) in [7, 11) is 1.45. The lowest BCUT2D eigenvalue weighted by Gasteiger charge is -2.19. The van der Waals surface area contributed by atoms with Gasteiger partial charge in [-0.25, -0.2) is 0 Å². The zero-order valence-electron chi connectivity index (χ0n) is 10.00. The van der Waals surface area contributed by atoms with Crippen molar-refractivity contribution in [1.82, 2.24) is 5.32 Å². The highest BCUT2D eigenvalue weighted by atomic mass is 79.9. The van der Waals surface area contributed by atoms with Crippen molar-refractivity contribution in [3.8, 4) is 0 Å². The summed E-state index contributed by atoms with van der Waals surface area (Å²) in [6, 6.07) is 6.20. The Bertz CT molecular complexity index is 433. The number of carbonyl (C=O) groups is 1. The van der Waals surface area contributed by atoms with Gasteiger partial charge in [-0.15, -0.1) is 0 Å². The Morgan fingerprint density at radius 1 is 1.47 bits per heavy atom. The number of hydrogen-bond donors (Lipinski definition) is 1. The predicted octanol–water partition coefficient (Wildman–Crippen LogP) is 2.23. The summed E-state index contributed by atoms with van der Waals surface area (Å²) in [5, 5.41) is 3.27. The fourth-order valence-electron chi connectivity index (χ4n) is 2.46. The van der Waals surface area contributed by atoms with Crippen molar-refractivity contribution in [2.75, 3.05) is 20.2 Å². The fourth-order valence-corrected chi connectivity index (χ4v) is 2.94. The van der Waals surface area contributed by atoms with Crippen LogP contribution in [0, 0.1) is 12.8 Å². The van der Waals surface area contributed by atoms with Gasteiger partial charge in [0.05, 0.1) is 13.0 Å². The van der Waals surface area contributed by atoms with Crippen LogP contribution in [-0.2, 0) is 9.53 Å². The van der Waals surface area contributed by atoms with Crippen molar-refractivity contribution in [2.45, 2.75) is 12.8 Å². The van der Waals surface area contributed by atoms with Crippen LogP contribution in [0.25, 0.3) is 0 Å². The number of ether oxygens (including phenoxy) is 1. The number of methoxy groups -OCH3 is 1. The van der Waals surface area contributed by atoms with Crippen LogP contribution in [0.15, 0.2) is 22.7 Å². The Hall–Kier alpha value is -0.870. The van der Waals surface area contributed by atoms with Crippen LogP contribution in [0.2, 0.25) is 0 Å². The summed E-state index contributed by atoms with van der Waals surface area (Å²) in [5.74, 6) is 0.0257. The molecule has 0 aliphatic carbocycles. The van der Waals surface area contributed by atoms with Crippen LogP contribution < -0.4 is 5.32 Å². The maximum absolute atomic E-state index is 11.7. The second-order valence-electron chi connectivity index (χ2n) is 4.40. The first-order valence-corrected chi connectivity index (χ1v) is 6.47. The summed E-state index contributed by atoms with van der Waals surface area (Å²) in [6.07, 6.45) is 0. The third kappa shape index (κ3) is 2.53. The molecule has 2 atom stereocenters. The summed E-state index contributed by atoms with van der Waals surface area (Å²) in [4.78, 5) is 11.7. The van der Waals surface area contributed by atoms with E-state index in [1.54, 1.807) is 0 Å². The third-order valence-electron chi connectivity index (χ3n) is 3.35. The topological polar surface area (TPSA) is 38.3 Å². The Balaban J connectivity index is 2.29. The number of benzene rings is 1. The summed E-state index contributed by atoms with van der Waals surface area (Å²) < 4.78 is 5.93. The lowest BCUT2D eigenvalue weighted by atomic mass is 9.86. The molecule has 1 saturated heterocycles. The summed E-state index contributed by atoms with van der Waals surface area (Å²) >= 11 is 3.46. The van der Waals surface area contributed by atoms with Gasteiger partial charge in [0.1, 0.15) is 0 Å². The number of aryl methyl sites for hydroxylation is 1. The van der Waals surface area contributed by atoms with Crippen molar-refractivity contribution in [3.63, 3.8) is 0 Å². The summed E-state index contributed by atoms with van der Waals surface area (Å²) in [5.41, 5.74) is 2.44. The second kappa shape index (κ2) is 5.19. The minimum Gasteiger partial charge on any atom is -0.469 e. The second-order valence-corrected chi connectivity index (χ2v) is 5.31. The zero-order valence-corrected chi connectivity index (χ0v) is 11.6. The lowest BCUT2D eigenvalue weighted by Crippen LogP contribution is -2.23. The molecule has 0 bridgehead atoms. The van der Waals surface area contributed by atoms with Gasteiger partial charge >= 0.3 is 5.97 Å². The number of carbonyl (C=O) groups excluding carboxylic acids is 1. The van der Waals surface area contributed by atoms with E-state index in [-0.39, 0.29) is 17.8 Å². The van der Waals surface area contributed by atoms with E-state index in [0.29, 0.717) is 6.54 Å². The molecular weight excluding hydrogens is 282 g/mol. The van der Waals surface area contributed by atoms with Gasteiger partial charge in [-0.1, -0.05) is 22.0 Å². The third-order valence-corrected chi connectivity index (χ3v) is 3.84. The monoisotopic (exact) mass is 297 g/mol. The van der Waals surface area contributed by atoms with Crippen LogP contribution in [0.3, 0.4) is 0 Å². The van der Waals surface area contributed by atoms with Gasteiger partial charge in [-0.05, 0) is 30.2 Å². The highest BCUT2D eigenvalue weighted by Crippen LogP contribution is 2.32. The molecule has 1 aliphatic heterocycles. The molecule has 1 aromatic rings. The van der Waals surface area contributed by atoms with E-state index >= 15 is 0 Å². The highest BCUT2D eigenvalue weighted by molar-refractivity contribution is 9.10. The van der Waals surface area contributed by atoms with Gasteiger partial charge in [-0.3, -0.25) is 4.79 Å². The minimum absolute atomic E-state index is 0.0696. The van der Waals surface area contributed by atoms with E-state index in [0.717, 1.165) is 11.0 Å². The molecule has 92 valence electrons. The number of halogens is 1. The highest BCUT2D eigenvalue weighted by Gasteiger charge is 2.35. The van der Waals surface area contributed by atoms with Crippen molar-refractivity contribution in [2.24, 2.45) is 5.92 Å². The Morgan fingerprint density at radius 2 is 2.24 bits per heavy atom. The zero-order chi connectivity index (χ0) is 12.4. The van der Waals surface area contributed by atoms with Gasteiger partial charge in [0.15, 0.2) is 0 Å². The maximum atomic E-state index is 11.7. The molecular formula is C13H16BrNO2. The molecule has 1 heterocycles. The predicted molar refractivity (Wildman–Crippen MR) is 70.0 cm³/mol. The molecule has 2 rings (SSSR count). The summed E-state index contributed by atoms with van der Waals surface area (Å²) in [6.45, 7) is 3.61. The van der Waals surface area contributed by atoms with Gasteiger partial charge in [0, 0.05) is 23.5 Å². The van der Waals surface area contributed by atoms with Crippen molar-refractivity contribution in [3.05, 3.63) is 33.8 Å². The van der Waals surface area contributed by atoms with Crippen LogP contribution in [0.5, 0.6) is 0 Å². The maximum Gasteiger partial charge on any atom is 0.310 e. The molecule has 0 spiro atoms. The molecule has 1 N–H and O–H groups in total. The molecule has 1 aromatic carbocycles. The molecule has 0 aromatic heterocycles. The molecule has 1 aliphatic rings. The smallest absolute Gasteiger partial charge is 0.310 e. The van der Waals surface area contributed by atoms with Crippen LogP contribution in [-0.4, -0.2) is 26.2 Å². The minimum atomic E-state index is -0.123.